The minimum absolute atomic E-state index is 0.124. The Morgan fingerprint density at radius 2 is 2.38 bits per heavy atom. The van der Waals surface area contributed by atoms with E-state index in [0.29, 0.717) is 6.61 Å². The van der Waals surface area contributed by atoms with Crippen molar-refractivity contribution < 1.29 is 4.74 Å². The van der Waals surface area contributed by atoms with Crippen LogP contribution in [-0.4, -0.2) is 13.2 Å². The lowest BCUT2D eigenvalue weighted by Crippen LogP contribution is -2.30. The molecule has 0 saturated carbocycles. The van der Waals surface area contributed by atoms with Crippen LogP contribution in [0.3, 0.4) is 0 Å². The maximum atomic E-state index is 5.43. The van der Waals surface area contributed by atoms with Gasteiger partial charge in [0, 0.05) is 16.4 Å². The monoisotopic (exact) mass is 200 g/mol. The van der Waals surface area contributed by atoms with E-state index in [-0.39, 0.29) is 6.04 Å². The molecule has 1 unspecified atom stereocenters. The predicted octanol–water partition coefficient (Wildman–Crippen LogP) is 1.60. The molecule has 4 heteroatoms. The maximum Gasteiger partial charge on any atom is 0.0786 e. The number of ether oxygens (including phenoxy) is 1. The zero-order valence-corrected chi connectivity index (χ0v) is 8.86. The molecule has 0 bridgehead atoms. The molecule has 0 saturated heterocycles. The van der Waals surface area contributed by atoms with Gasteiger partial charge in [-0.15, -0.1) is 11.3 Å². The smallest absolute Gasteiger partial charge is 0.0786 e. The van der Waals surface area contributed by atoms with Gasteiger partial charge < -0.3 is 4.74 Å². The molecular formula is C9H16N2OS. The Kier molecular flexibility index (Phi) is 4.38. The first-order valence-corrected chi connectivity index (χ1v) is 5.19. The van der Waals surface area contributed by atoms with E-state index in [4.69, 9.17) is 10.6 Å². The summed E-state index contributed by atoms with van der Waals surface area (Å²) < 4.78 is 5.31. The van der Waals surface area contributed by atoms with Crippen LogP contribution in [0, 0.1) is 6.92 Å². The van der Waals surface area contributed by atoms with E-state index in [1.54, 1.807) is 11.3 Å². The lowest BCUT2D eigenvalue weighted by Gasteiger charge is -2.13. The van der Waals surface area contributed by atoms with Crippen molar-refractivity contribution in [3.05, 3.63) is 21.9 Å². The van der Waals surface area contributed by atoms with Crippen LogP contribution in [0.1, 0.15) is 22.7 Å². The molecule has 0 amide bonds. The van der Waals surface area contributed by atoms with Crippen LogP contribution in [0.25, 0.3) is 0 Å². The Balaban J connectivity index is 2.56. The fourth-order valence-corrected chi connectivity index (χ4v) is 2.01. The molecule has 1 aromatic rings. The third kappa shape index (κ3) is 3.08. The van der Waals surface area contributed by atoms with Gasteiger partial charge in [-0.05, 0) is 26.0 Å². The van der Waals surface area contributed by atoms with Crippen LogP contribution in [0.2, 0.25) is 0 Å². The highest BCUT2D eigenvalue weighted by Gasteiger charge is 2.10. The second kappa shape index (κ2) is 5.34. The molecule has 0 aliphatic carbocycles. The minimum Gasteiger partial charge on any atom is -0.380 e. The van der Waals surface area contributed by atoms with Gasteiger partial charge in [-0.25, -0.2) is 5.43 Å². The Morgan fingerprint density at radius 1 is 1.62 bits per heavy atom. The number of thiophene rings is 1. The van der Waals surface area contributed by atoms with Gasteiger partial charge in [0.25, 0.3) is 0 Å². The van der Waals surface area contributed by atoms with E-state index in [1.807, 2.05) is 6.92 Å². The summed E-state index contributed by atoms with van der Waals surface area (Å²) in [4.78, 5) is 2.53. The van der Waals surface area contributed by atoms with Gasteiger partial charge in [0.2, 0.25) is 0 Å². The quantitative estimate of drug-likeness (QED) is 0.560. The van der Waals surface area contributed by atoms with Crippen molar-refractivity contribution in [3.63, 3.8) is 0 Å². The third-order valence-electron chi connectivity index (χ3n) is 1.79. The number of nitrogens with one attached hydrogen (secondary N) is 1. The largest absolute Gasteiger partial charge is 0.380 e. The Bertz CT molecular complexity index is 250. The van der Waals surface area contributed by atoms with Crippen molar-refractivity contribution >= 4 is 11.3 Å². The van der Waals surface area contributed by atoms with Crippen LogP contribution < -0.4 is 11.3 Å². The number of rotatable bonds is 5. The lowest BCUT2D eigenvalue weighted by molar-refractivity contribution is 0.124. The van der Waals surface area contributed by atoms with Gasteiger partial charge in [-0.1, -0.05) is 0 Å². The predicted molar refractivity (Wildman–Crippen MR) is 55.6 cm³/mol. The lowest BCUT2D eigenvalue weighted by atomic mass is 10.2. The molecule has 0 radical (unpaired) electrons. The topological polar surface area (TPSA) is 47.3 Å². The van der Waals surface area contributed by atoms with Crippen molar-refractivity contribution in [1.29, 1.82) is 0 Å². The summed E-state index contributed by atoms with van der Waals surface area (Å²) in [6.45, 7) is 5.42. The number of aryl methyl sites for hydroxylation is 1. The summed E-state index contributed by atoms with van der Waals surface area (Å²) in [5.74, 6) is 5.43. The molecule has 0 aliphatic heterocycles. The summed E-state index contributed by atoms with van der Waals surface area (Å²) in [7, 11) is 0. The van der Waals surface area contributed by atoms with Gasteiger partial charge in [0.05, 0.1) is 12.6 Å². The maximum absolute atomic E-state index is 5.43. The molecule has 1 atom stereocenters. The van der Waals surface area contributed by atoms with Crippen LogP contribution >= 0.6 is 11.3 Å². The zero-order chi connectivity index (χ0) is 9.68. The molecule has 0 aromatic carbocycles. The van der Waals surface area contributed by atoms with Crippen LogP contribution in [0.5, 0.6) is 0 Å². The first-order valence-electron chi connectivity index (χ1n) is 4.38. The molecule has 13 heavy (non-hydrogen) atoms. The van der Waals surface area contributed by atoms with Gasteiger partial charge in [-0.3, -0.25) is 5.84 Å². The van der Waals surface area contributed by atoms with Crippen molar-refractivity contribution in [2.75, 3.05) is 13.2 Å². The summed E-state index contributed by atoms with van der Waals surface area (Å²) in [6, 6.07) is 4.30. The Labute approximate surface area is 82.9 Å². The highest BCUT2D eigenvalue weighted by molar-refractivity contribution is 7.12. The summed E-state index contributed by atoms with van der Waals surface area (Å²) in [5.41, 5.74) is 2.75. The fourth-order valence-electron chi connectivity index (χ4n) is 1.09. The van der Waals surface area contributed by atoms with Crippen LogP contribution in [0.15, 0.2) is 12.1 Å². The highest BCUT2D eigenvalue weighted by atomic mass is 32.1. The summed E-state index contributed by atoms with van der Waals surface area (Å²) >= 11 is 1.75. The summed E-state index contributed by atoms with van der Waals surface area (Å²) in [5, 5.41) is 0. The standard InChI is InChI=1S/C9H16N2OS/c1-3-12-6-8(11-10)9-5-4-7(2)13-9/h4-5,8,11H,3,6,10H2,1-2H3. The van der Waals surface area contributed by atoms with E-state index in [2.05, 4.69) is 24.5 Å². The van der Waals surface area contributed by atoms with E-state index in [9.17, 15) is 0 Å². The molecule has 3 nitrogen and oxygen atoms in total. The molecule has 0 spiro atoms. The van der Waals surface area contributed by atoms with Gasteiger partial charge in [-0.2, -0.15) is 0 Å². The van der Waals surface area contributed by atoms with Crippen LogP contribution in [0.4, 0.5) is 0 Å². The Morgan fingerprint density at radius 3 is 2.85 bits per heavy atom. The fraction of sp³-hybridized carbons (Fsp3) is 0.556. The van der Waals surface area contributed by atoms with Gasteiger partial charge in [0.1, 0.15) is 0 Å². The molecule has 1 heterocycles. The second-order valence-electron chi connectivity index (χ2n) is 2.83. The summed E-state index contributed by atoms with van der Waals surface area (Å²) in [6.07, 6.45) is 0. The number of hydrazine groups is 1. The number of nitrogens with two attached hydrogens (primary N) is 1. The van der Waals surface area contributed by atoms with E-state index in [0.717, 1.165) is 6.61 Å². The molecular weight excluding hydrogens is 184 g/mol. The highest BCUT2D eigenvalue weighted by Crippen LogP contribution is 2.22. The molecule has 1 rings (SSSR count). The minimum atomic E-state index is 0.124. The average molecular weight is 200 g/mol. The normalized spacial score (nSPS) is 13.2. The Hall–Kier alpha value is -0.420. The first-order chi connectivity index (χ1) is 6.27. The van der Waals surface area contributed by atoms with Crippen molar-refractivity contribution in [2.24, 2.45) is 5.84 Å². The van der Waals surface area contributed by atoms with Crippen molar-refractivity contribution in [2.45, 2.75) is 19.9 Å². The molecule has 74 valence electrons. The van der Waals surface area contributed by atoms with Crippen molar-refractivity contribution in [1.82, 2.24) is 5.43 Å². The number of hydrogen-bond acceptors (Lipinski definition) is 4. The molecule has 0 fully saturated rings. The van der Waals surface area contributed by atoms with Crippen LogP contribution in [-0.2, 0) is 4.74 Å². The second-order valence-corrected chi connectivity index (χ2v) is 4.15. The number of hydrogen-bond donors (Lipinski definition) is 2. The zero-order valence-electron chi connectivity index (χ0n) is 8.04. The van der Waals surface area contributed by atoms with E-state index in [1.165, 1.54) is 9.75 Å². The van der Waals surface area contributed by atoms with Gasteiger partial charge >= 0.3 is 0 Å². The molecule has 0 aliphatic rings. The SMILES string of the molecule is CCOCC(NN)c1ccc(C)s1. The van der Waals surface area contributed by atoms with E-state index >= 15 is 0 Å². The van der Waals surface area contributed by atoms with Gasteiger partial charge in [0.15, 0.2) is 0 Å². The molecule has 3 N–H and O–H groups in total. The first kappa shape index (κ1) is 10.7. The van der Waals surface area contributed by atoms with E-state index < -0.39 is 0 Å². The third-order valence-corrected chi connectivity index (χ3v) is 2.91. The molecule has 1 aromatic heterocycles. The van der Waals surface area contributed by atoms with Crippen molar-refractivity contribution in [3.8, 4) is 0 Å². The average Bonchev–Trinajstić information content (AvgIpc) is 2.54.